The predicted octanol–water partition coefficient (Wildman–Crippen LogP) is 7.54. The summed E-state index contributed by atoms with van der Waals surface area (Å²) in [5, 5.41) is 12.5. The number of hydrogen-bond donors (Lipinski definition) is 2. The first kappa shape index (κ1) is 27.3. The number of benzene rings is 3. The van der Waals surface area contributed by atoms with Gasteiger partial charge in [-0.3, -0.25) is 4.79 Å². The average Bonchev–Trinajstić information content (AvgIpc) is 3.32. The molecule has 39 heavy (non-hydrogen) atoms. The third-order valence-electron chi connectivity index (χ3n) is 6.73. The average molecular weight is 625 g/mol. The van der Waals surface area contributed by atoms with E-state index in [4.69, 9.17) is 26.4 Å². The first-order chi connectivity index (χ1) is 18.8. The van der Waals surface area contributed by atoms with Crippen LogP contribution in [0.5, 0.6) is 5.75 Å². The van der Waals surface area contributed by atoms with E-state index in [1.165, 1.54) is 11.8 Å². The Bertz CT molecular complexity index is 1600. The van der Waals surface area contributed by atoms with Gasteiger partial charge in [-0.1, -0.05) is 69.6 Å². The fourth-order valence-electron chi connectivity index (χ4n) is 4.53. The highest BCUT2D eigenvalue weighted by molar-refractivity contribution is 9.10. The van der Waals surface area contributed by atoms with Gasteiger partial charge in [-0.15, -0.1) is 5.10 Å². The van der Waals surface area contributed by atoms with Gasteiger partial charge >= 0.3 is 0 Å². The number of amides is 1. The van der Waals surface area contributed by atoms with Crippen molar-refractivity contribution in [2.45, 2.75) is 37.7 Å². The third-order valence-corrected chi connectivity index (χ3v) is 8.48. The minimum absolute atomic E-state index is 0.229. The highest BCUT2D eigenvalue weighted by atomic mass is 79.9. The number of carbonyl (C=O) groups excluding carboxylic acids is 1. The lowest BCUT2D eigenvalue weighted by Crippen LogP contribution is -2.32. The zero-order valence-corrected chi connectivity index (χ0v) is 25.0. The molecule has 5 rings (SSSR count). The number of hydrogen-bond acceptors (Lipinski definition) is 6. The van der Waals surface area contributed by atoms with E-state index in [9.17, 15) is 4.79 Å². The fraction of sp³-hybridized carbons (Fsp3) is 0.207. The van der Waals surface area contributed by atoms with Crippen molar-refractivity contribution >= 4 is 56.8 Å². The van der Waals surface area contributed by atoms with Crippen LogP contribution in [-0.4, -0.2) is 27.8 Å². The zero-order valence-electron chi connectivity index (χ0n) is 21.9. The van der Waals surface area contributed by atoms with E-state index in [-0.39, 0.29) is 5.91 Å². The maximum absolute atomic E-state index is 13.9. The lowest BCUT2D eigenvalue weighted by Gasteiger charge is -2.29. The second-order valence-electron chi connectivity index (χ2n) is 9.20. The normalized spacial score (nSPS) is 14.6. The summed E-state index contributed by atoms with van der Waals surface area (Å²) in [5.41, 5.74) is 5.87. The van der Waals surface area contributed by atoms with E-state index < -0.39 is 6.04 Å². The molecular formula is C29H27BrClN5O2S. The number of nitrogens with zero attached hydrogens (tertiary/aromatic N) is 3. The van der Waals surface area contributed by atoms with Crippen LogP contribution in [0.15, 0.2) is 81.6 Å². The van der Waals surface area contributed by atoms with Gasteiger partial charge in [0, 0.05) is 32.2 Å². The second-order valence-corrected chi connectivity index (χ2v) is 11.5. The smallest absolute Gasteiger partial charge is 0.255 e. The number of rotatable bonds is 7. The molecule has 0 aliphatic carbocycles. The molecule has 2 heterocycles. The van der Waals surface area contributed by atoms with Crippen molar-refractivity contribution in [2.24, 2.45) is 0 Å². The number of carbonyl (C=O) groups is 1. The summed E-state index contributed by atoms with van der Waals surface area (Å²) in [6.45, 7) is 5.90. The molecule has 1 unspecified atom stereocenters. The summed E-state index contributed by atoms with van der Waals surface area (Å²) in [6, 6.07) is 18.7. The molecule has 1 atom stereocenters. The van der Waals surface area contributed by atoms with Crippen LogP contribution in [0, 0.1) is 13.8 Å². The van der Waals surface area contributed by atoms with Crippen LogP contribution < -0.4 is 15.4 Å². The summed E-state index contributed by atoms with van der Waals surface area (Å²) in [6.07, 6.45) is 0. The first-order valence-corrected chi connectivity index (χ1v) is 14.4. The molecule has 2 N–H and O–H groups in total. The minimum atomic E-state index is -0.582. The number of fused-ring (bicyclic) bond motifs is 1. The highest BCUT2D eigenvalue weighted by Crippen LogP contribution is 2.41. The first-order valence-electron chi connectivity index (χ1n) is 12.3. The Morgan fingerprint density at radius 1 is 1.15 bits per heavy atom. The molecule has 7 nitrogen and oxygen atoms in total. The van der Waals surface area contributed by atoms with Crippen molar-refractivity contribution in [3.05, 3.63) is 104 Å². The molecule has 0 saturated carbocycles. The standard InChI is InChI=1S/C29H27BrClN5O2S/c1-16-8-7-11-23(17(16)2)33-27(37)25-18(3)32-28-34-29(39-15-19-9-5-6-10-22(19)31)35-36(28)26(25)21-14-20(30)12-13-24(21)38-4/h5-14,26H,15H2,1-4H3,(H,33,37)(H,32,34,35). The minimum Gasteiger partial charge on any atom is -0.496 e. The Balaban J connectivity index is 1.56. The largest absolute Gasteiger partial charge is 0.496 e. The number of methoxy groups -OCH3 is 1. The lowest BCUT2D eigenvalue weighted by atomic mass is 9.94. The Hall–Kier alpha value is -3.27. The van der Waals surface area contributed by atoms with Crippen LogP contribution in [-0.2, 0) is 10.5 Å². The van der Waals surface area contributed by atoms with Crippen LogP contribution in [0.4, 0.5) is 11.6 Å². The number of thioether (sulfide) groups is 1. The van der Waals surface area contributed by atoms with Crippen molar-refractivity contribution in [2.75, 3.05) is 17.7 Å². The number of anilines is 2. The Morgan fingerprint density at radius 3 is 2.72 bits per heavy atom. The fourth-order valence-corrected chi connectivity index (χ4v) is 6.02. The molecule has 10 heteroatoms. The van der Waals surface area contributed by atoms with Gasteiger partial charge < -0.3 is 15.4 Å². The predicted molar refractivity (Wildman–Crippen MR) is 161 cm³/mol. The maximum Gasteiger partial charge on any atom is 0.255 e. The summed E-state index contributed by atoms with van der Waals surface area (Å²) in [4.78, 5) is 18.7. The molecule has 1 amide bonds. The van der Waals surface area contributed by atoms with E-state index in [1.807, 2.05) is 81.4 Å². The van der Waals surface area contributed by atoms with Gasteiger partial charge in [-0.2, -0.15) is 4.98 Å². The molecule has 1 aliphatic rings. The summed E-state index contributed by atoms with van der Waals surface area (Å²) in [5.74, 6) is 1.57. The Morgan fingerprint density at radius 2 is 1.95 bits per heavy atom. The maximum atomic E-state index is 13.9. The second kappa shape index (κ2) is 11.5. The van der Waals surface area contributed by atoms with E-state index in [1.54, 1.807) is 11.8 Å². The van der Waals surface area contributed by atoms with Crippen LogP contribution >= 0.6 is 39.3 Å². The van der Waals surface area contributed by atoms with E-state index >= 15 is 0 Å². The van der Waals surface area contributed by atoms with Crippen LogP contribution in [0.25, 0.3) is 0 Å². The molecule has 4 aromatic rings. The molecule has 0 spiro atoms. The molecule has 0 radical (unpaired) electrons. The van der Waals surface area contributed by atoms with Gasteiger partial charge in [0.15, 0.2) is 0 Å². The molecule has 200 valence electrons. The molecular weight excluding hydrogens is 598 g/mol. The Kier molecular flexibility index (Phi) is 8.02. The molecule has 1 aromatic heterocycles. The van der Waals surface area contributed by atoms with Crippen molar-refractivity contribution in [1.29, 1.82) is 0 Å². The van der Waals surface area contributed by atoms with Gasteiger partial charge in [-0.25, -0.2) is 4.68 Å². The number of aryl methyl sites for hydroxylation is 1. The third kappa shape index (κ3) is 5.57. The molecule has 3 aromatic carbocycles. The summed E-state index contributed by atoms with van der Waals surface area (Å²) in [7, 11) is 1.62. The van der Waals surface area contributed by atoms with Gasteiger partial charge in [0.25, 0.3) is 5.91 Å². The number of aromatic nitrogens is 3. The molecule has 0 fully saturated rings. The lowest BCUT2D eigenvalue weighted by molar-refractivity contribution is -0.113. The van der Waals surface area contributed by atoms with Crippen LogP contribution in [0.3, 0.4) is 0 Å². The van der Waals surface area contributed by atoms with Crippen molar-refractivity contribution in [3.63, 3.8) is 0 Å². The number of halogens is 2. The van der Waals surface area contributed by atoms with E-state index in [0.29, 0.717) is 38.9 Å². The van der Waals surface area contributed by atoms with Gasteiger partial charge in [-0.05, 0) is 67.8 Å². The summed E-state index contributed by atoms with van der Waals surface area (Å²) >= 11 is 11.4. The van der Waals surface area contributed by atoms with Gasteiger partial charge in [0.05, 0.1) is 12.7 Å². The molecule has 0 bridgehead atoms. The monoisotopic (exact) mass is 623 g/mol. The Labute approximate surface area is 245 Å². The van der Waals surface area contributed by atoms with E-state index in [0.717, 1.165) is 32.4 Å². The SMILES string of the molecule is COc1ccc(Br)cc1C1C(C(=O)Nc2cccc(C)c2C)=C(C)Nc2nc(SCc3ccccc3Cl)nn21. The summed E-state index contributed by atoms with van der Waals surface area (Å²) < 4.78 is 8.35. The molecule has 0 saturated heterocycles. The number of allylic oxidation sites excluding steroid dienone is 1. The quantitative estimate of drug-likeness (QED) is 0.207. The molecule has 1 aliphatic heterocycles. The van der Waals surface area contributed by atoms with Gasteiger partial charge in [0.1, 0.15) is 11.8 Å². The van der Waals surface area contributed by atoms with Crippen LogP contribution in [0.2, 0.25) is 5.02 Å². The van der Waals surface area contributed by atoms with Crippen molar-refractivity contribution < 1.29 is 9.53 Å². The van der Waals surface area contributed by atoms with E-state index in [2.05, 4.69) is 26.6 Å². The topological polar surface area (TPSA) is 81.1 Å². The number of nitrogens with one attached hydrogen (secondary N) is 2. The van der Waals surface area contributed by atoms with Crippen molar-refractivity contribution in [3.8, 4) is 5.75 Å². The van der Waals surface area contributed by atoms with Gasteiger partial charge in [0.2, 0.25) is 11.1 Å². The van der Waals surface area contributed by atoms with Crippen molar-refractivity contribution in [1.82, 2.24) is 14.8 Å². The number of ether oxygens (including phenoxy) is 1. The highest BCUT2D eigenvalue weighted by Gasteiger charge is 2.36. The van der Waals surface area contributed by atoms with Crippen LogP contribution in [0.1, 0.15) is 35.2 Å². The zero-order chi connectivity index (χ0) is 27.7.